The fraction of sp³-hybridized carbons (Fsp3) is 0.250. The molecule has 0 atom stereocenters. The fourth-order valence-corrected chi connectivity index (χ4v) is 1.96. The van der Waals surface area contributed by atoms with Gasteiger partial charge in [0.15, 0.2) is 11.5 Å². The molecule has 0 saturated carbocycles. The van der Waals surface area contributed by atoms with Gasteiger partial charge in [-0.05, 0) is 30.7 Å². The minimum atomic E-state index is -0.480. The molecule has 0 aliphatic heterocycles. The molecule has 0 radical (unpaired) electrons. The number of carbonyl (C=O) groups is 1. The van der Waals surface area contributed by atoms with Crippen molar-refractivity contribution >= 4 is 23.6 Å². The predicted molar refractivity (Wildman–Crippen MR) is 86.0 cm³/mol. The van der Waals surface area contributed by atoms with Crippen LogP contribution in [0.5, 0.6) is 11.5 Å². The van der Waals surface area contributed by atoms with Crippen LogP contribution in [0, 0.1) is 11.3 Å². The summed E-state index contributed by atoms with van der Waals surface area (Å²) in [7, 11) is 1.49. The molecule has 0 aliphatic carbocycles. The van der Waals surface area contributed by atoms with Gasteiger partial charge >= 0.3 is 0 Å². The first kappa shape index (κ1) is 17.6. The summed E-state index contributed by atoms with van der Waals surface area (Å²) >= 11 is 6.15. The standard InChI is InChI=1S/C16H17ClN2O3/c1-4-6-19-16(20)12(10-18)7-11-8-13(17)15(22-5-2)14(9-11)21-3/h4,7-9H,1,5-6H2,2-3H3,(H,19,20). The van der Waals surface area contributed by atoms with E-state index >= 15 is 0 Å². The van der Waals surface area contributed by atoms with Gasteiger partial charge in [0, 0.05) is 6.54 Å². The Hall–Kier alpha value is -2.45. The third-order valence-electron chi connectivity index (χ3n) is 2.62. The zero-order valence-electron chi connectivity index (χ0n) is 12.5. The van der Waals surface area contributed by atoms with E-state index in [4.69, 9.17) is 26.3 Å². The lowest BCUT2D eigenvalue weighted by Gasteiger charge is -2.12. The Morgan fingerprint density at radius 1 is 1.55 bits per heavy atom. The van der Waals surface area contributed by atoms with Gasteiger partial charge in [0.2, 0.25) is 0 Å². The smallest absolute Gasteiger partial charge is 0.262 e. The molecule has 0 saturated heterocycles. The lowest BCUT2D eigenvalue weighted by atomic mass is 10.1. The van der Waals surface area contributed by atoms with Gasteiger partial charge in [-0.3, -0.25) is 4.79 Å². The van der Waals surface area contributed by atoms with Gasteiger partial charge in [-0.25, -0.2) is 0 Å². The van der Waals surface area contributed by atoms with E-state index in [2.05, 4.69) is 11.9 Å². The van der Waals surface area contributed by atoms with Crippen LogP contribution in [-0.2, 0) is 4.79 Å². The van der Waals surface area contributed by atoms with Crippen LogP contribution in [0.1, 0.15) is 12.5 Å². The Labute approximate surface area is 134 Å². The molecule has 0 aliphatic rings. The van der Waals surface area contributed by atoms with Crippen molar-refractivity contribution in [1.29, 1.82) is 5.26 Å². The van der Waals surface area contributed by atoms with Crippen molar-refractivity contribution in [1.82, 2.24) is 5.32 Å². The monoisotopic (exact) mass is 320 g/mol. The second-order valence-corrected chi connectivity index (χ2v) is 4.54. The maximum Gasteiger partial charge on any atom is 0.262 e. The van der Waals surface area contributed by atoms with Gasteiger partial charge in [-0.2, -0.15) is 5.26 Å². The Bertz CT molecular complexity index is 633. The molecule has 1 rings (SSSR count). The van der Waals surface area contributed by atoms with Gasteiger partial charge in [-0.1, -0.05) is 17.7 Å². The Morgan fingerprint density at radius 2 is 2.27 bits per heavy atom. The number of hydrogen-bond acceptors (Lipinski definition) is 4. The van der Waals surface area contributed by atoms with Gasteiger partial charge < -0.3 is 14.8 Å². The minimum absolute atomic E-state index is 0.0378. The number of benzene rings is 1. The first-order chi connectivity index (χ1) is 10.6. The summed E-state index contributed by atoms with van der Waals surface area (Å²) in [5, 5.41) is 12.0. The lowest BCUT2D eigenvalue weighted by molar-refractivity contribution is -0.116. The highest BCUT2D eigenvalue weighted by Gasteiger charge is 2.13. The van der Waals surface area contributed by atoms with Crippen molar-refractivity contribution in [3.05, 3.63) is 40.9 Å². The molecule has 0 unspecified atom stereocenters. The van der Waals surface area contributed by atoms with E-state index in [1.165, 1.54) is 19.3 Å². The van der Waals surface area contributed by atoms with Crippen molar-refractivity contribution in [3.63, 3.8) is 0 Å². The molecule has 116 valence electrons. The summed E-state index contributed by atoms with van der Waals surface area (Å²) in [6.45, 7) is 6.06. The molecule has 0 heterocycles. The normalized spacial score (nSPS) is 10.5. The van der Waals surface area contributed by atoms with Crippen LogP contribution in [0.4, 0.5) is 0 Å². The lowest BCUT2D eigenvalue weighted by Crippen LogP contribution is -2.24. The van der Waals surface area contributed by atoms with E-state index in [9.17, 15) is 4.79 Å². The molecule has 0 fully saturated rings. The number of halogens is 1. The van der Waals surface area contributed by atoms with E-state index in [0.717, 1.165) is 0 Å². The SMILES string of the molecule is C=CCNC(=O)C(C#N)=Cc1cc(Cl)c(OCC)c(OC)c1. The van der Waals surface area contributed by atoms with Crippen molar-refractivity contribution in [2.75, 3.05) is 20.3 Å². The number of hydrogen-bond donors (Lipinski definition) is 1. The van der Waals surface area contributed by atoms with Crippen LogP contribution in [0.3, 0.4) is 0 Å². The summed E-state index contributed by atoms with van der Waals surface area (Å²) in [6.07, 6.45) is 2.96. The molecule has 5 nitrogen and oxygen atoms in total. The molecule has 0 bridgehead atoms. The molecule has 1 N–H and O–H groups in total. The molecule has 22 heavy (non-hydrogen) atoms. The predicted octanol–water partition coefficient (Wildman–Crippen LogP) is 2.96. The van der Waals surface area contributed by atoms with Gasteiger partial charge in [0.05, 0.1) is 18.7 Å². The van der Waals surface area contributed by atoms with Gasteiger partial charge in [-0.15, -0.1) is 6.58 Å². The number of ether oxygens (including phenoxy) is 2. The maximum absolute atomic E-state index is 11.8. The quantitative estimate of drug-likeness (QED) is 0.476. The van der Waals surface area contributed by atoms with Crippen molar-refractivity contribution in [2.24, 2.45) is 0 Å². The maximum atomic E-state index is 11.8. The zero-order valence-corrected chi connectivity index (χ0v) is 13.2. The van der Waals surface area contributed by atoms with Crippen LogP contribution in [0.15, 0.2) is 30.4 Å². The topological polar surface area (TPSA) is 71.4 Å². The van der Waals surface area contributed by atoms with Gasteiger partial charge in [0.1, 0.15) is 11.6 Å². The van der Waals surface area contributed by atoms with E-state index < -0.39 is 5.91 Å². The van der Waals surface area contributed by atoms with E-state index in [1.54, 1.807) is 12.1 Å². The average Bonchev–Trinajstić information content (AvgIpc) is 2.52. The summed E-state index contributed by atoms with van der Waals surface area (Å²) in [5.74, 6) is 0.384. The first-order valence-electron chi connectivity index (χ1n) is 6.58. The summed E-state index contributed by atoms with van der Waals surface area (Å²) in [4.78, 5) is 11.8. The number of methoxy groups -OCH3 is 1. The second-order valence-electron chi connectivity index (χ2n) is 4.14. The second kappa shape index (κ2) is 8.75. The Kier molecular flexibility index (Phi) is 7.00. The number of nitriles is 1. The minimum Gasteiger partial charge on any atom is -0.493 e. The first-order valence-corrected chi connectivity index (χ1v) is 6.96. The highest BCUT2D eigenvalue weighted by Crippen LogP contribution is 2.36. The number of amides is 1. The van der Waals surface area contributed by atoms with Crippen LogP contribution >= 0.6 is 11.6 Å². The van der Waals surface area contributed by atoms with Gasteiger partial charge in [0.25, 0.3) is 5.91 Å². The van der Waals surface area contributed by atoms with Crippen molar-refractivity contribution in [2.45, 2.75) is 6.92 Å². The number of nitrogens with zero attached hydrogens (tertiary/aromatic N) is 1. The number of carbonyl (C=O) groups excluding carboxylic acids is 1. The molecule has 0 aromatic heterocycles. The highest BCUT2D eigenvalue weighted by atomic mass is 35.5. The Balaban J connectivity index is 3.18. The molecule has 1 amide bonds. The fourth-order valence-electron chi connectivity index (χ4n) is 1.68. The van der Waals surface area contributed by atoms with Crippen molar-refractivity contribution < 1.29 is 14.3 Å². The molecule has 0 spiro atoms. The van der Waals surface area contributed by atoms with E-state index in [-0.39, 0.29) is 12.1 Å². The van der Waals surface area contributed by atoms with Crippen LogP contribution in [0.2, 0.25) is 5.02 Å². The largest absolute Gasteiger partial charge is 0.493 e. The summed E-state index contributed by atoms with van der Waals surface area (Å²) < 4.78 is 10.6. The van der Waals surface area contributed by atoms with E-state index in [1.807, 2.05) is 13.0 Å². The summed E-state index contributed by atoms with van der Waals surface area (Å²) in [6, 6.07) is 5.11. The zero-order chi connectivity index (χ0) is 16.5. The molecule has 6 heteroatoms. The van der Waals surface area contributed by atoms with E-state index in [0.29, 0.717) is 28.7 Å². The van der Waals surface area contributed by atoms with Crippen LogP contribution < -0.4 is 14.8 Å². The molecule has 1 aromatic rings. The third kappa shape index (κ3) is 4.54. The molecular formula is C16H17ClN2O3. The Morgan fingerprint density at radius 3 is 2.82 bits per heavy atom. The third-order valence-corrected chi connectivity index (χ3v) is 2.90. The highest BCUT2D eigenvalue weighted by molar-refractivity contribution is 6.32. The summed E-state index contributed by atoms with van der Waals surface area (Å²) in [5.41, 5.74) is 0.528. The van der Waals surface area contributed by atoms with Crippen LogP contribution in [0.25, 0.3) is 6.08 Å². The molecular weight excluding hydrogens is 304 g/mol. The molecule has 1 aromatic carbocycles. The number of nitrogens with one attached hydrogen (secondary N) is 1. The number of rotatable bonds is 7. The van der Waals surface area contributed by atoms with Crippen molar-refractivity contribution in [3.8, 4) is 17.6 Å². The average molecular weight is 321 g/mol. The van der Waals surface area contributed by atoms with Crippen LogP contribution in [-0.4, -0.2) is 26.2 Å².